The van der Waals surface area contributed by atoms with Crippen LogP contribution in [0.2, 0.25) is 0 Å². The molecule has 1 aromatic heterocycles. The molecule has 6 nitrogen and oxygen atoms in total. The second-order valence-electron chi connectivity index (χ2n) is 5.25. The average Bonchev–Trinajstić information content (AvgIpc) is 2.37. The first-order valence-corrected chi connectivity index (χ1v) is 6.32. The van der Waals surface area contributed by atoms with Crippen molar-refractivity contribution in [3.63, 3.8) is 0 Å². The van der Waals surface area contributed by atoms with E-state index in [1.54, 1.807) is 4.90 Å². The minimum absolute atomic E-state index is 0.156. The largest absolute Gasteiger partial charge is 0.476 e. The lowest BCUT2D eigenvalue weighted by Gasteiger charge is -2.34. The molecule has 0 saturated carbocycles. The first kappa shape index (κ1) is 13.5. The molecule has 102 valence electrons. The summed E-state index contributed by atoms with van der Waals surface area (Å²) in [5, 5.41) is 8.73. The molecule has 1 amide bonds. The summed E-state index contributed by atoms with van der Waals surface area (Å²) < 4.78 is 0. The molecule has 1 aliphatic rings. The van der Waals surface area contributed by atoms with Crippen LogP contribution < -0.4 is 0 Å². The molecule has 0 bridgehead atoms. The quantitative estimate of drug-likeness (QED) is 0.869. The highest BCUT2D eigenvalue weighted by atomic mass is 16.4. The van der Waals surface area contributed by atoms with Gasteiger partial charge in [0.2, 0.25) is 0 Å². The number of carboxylic acids is 1. The van der Waals surface area contributed by atoms with Crippen LogP contribution in [0.3, 0.4) is 0 Å². The van der Waals surface area contributed by atoms with Crippen molar-refractivity contribution in [1.82, 2.24) is 14.9 Å². The van der Waals surface area contributed by atoms with Crippen molar-refractivity contribution in [1.29, 1.82) is 0 Å². The summed E-state index contributed by atoms with van der Waals surface area (Å²) >= 11 is 0. The van der Waals surface area contributed by atoms with Crippen LogP contribution in [-0.4, -0.2) is 44.9 Å². The molecule has 1 aromatic rings. The van der Waals surface area contributed by atoms with Gasteiger partial charge in [-0.2, -0.15) is 0 Å². The Bertz CT molecular complexity index is 476. The third-order valence-corrected chi connectivity index (χ3v) is 3.25. The molecule has 0 aliphatic carbocycles. The molecule has 1 N–H and O–H groups in total. The number of piperidine rings is 1. The lowest BCUT2D eigenvalue weighted by atomic mass is 9.92. The number of amides is 1. The fourth-order valence-corrected chi connectivity index (χ4v) is 2.54. The average molecular weight is 263 g/mol. The number of rotatable bonds is 2. The molecule has 0 aromatic carbocycles. The van der Waals surface area contributed by atoms with Gasteiger partial charge in [-0.3, -0.25) is 4.79 Å². The monoisotopic (exact) mass is 263 g/mol. The first-order valence-electron chi connectivity index (χ1n) is 6.32. The van der Waals surface area contributed by atoms with Crippen molar-refractivity contribution in [3.05, 3.63) is 23.8 Å². The van der Waals surface area contributed by atoms with Crippen LogP contribution in [0.1, 0.15) is 41.2 Å². The van der Waals surface area contributed by atoms with Crippen molar-refractivity contribution >= 4 is 11.9 Å². The third-order valence-electron chi connectivity index (χ3n) is 3.25. The lowest BCUT2D eigenvalue weighted by molar-refractivity contribution is 0.0613. The van der Waals surface area contributed by atoms with Crippen LogP contribution >= 0.6 is 0 Å². The lowest BCUT2D eigenvalue weighted by Crippen LogP contribution is -2.42. The number of nitrogens with zero attached hydrogens (tertiary/aromatic N) is 3. The van der Waals surface area contributed by atoms with E-state index in [1.165, 1.54) is 6.20 Å². The van der Waals surface area contributed by atoms with Gasteiger partial charge in [0.1, 0.15) is 5.69 Å². The first-order chi connectivity index (χ1) is 8.97. The molecule has 0 radical (unpaired) electrons. The number of carboxylic acid groups (broad SMARTS) is 1. The number of aromatic carboxylic acids is 1. The highest BCUT2D eigenvalue weighted by Gasteiger charge is 2.27. The zero-order valence-corrected chi connectivity index (χ0v) is 11.0. The Hall–Kier alpha value is -1.98. The zero-order valence-electron chi connectivity index (χ0n) is 11.0. The predicted octanol–water partition coefficient (Wildman–Crippen LogP) is 1.29. The number of carbonyl (C=O) groups excluding carboxylic acids is 1. The van der Waals surface area contributed by atoms with E-state index in [1.807, 2.05) is 0 Å². The van der Waals surface area contributed by atoms with Gasteiger partial charge in [0.25, 0.3) is 5.91 Å². The summed E-state index contributed by atoms with van der Waals surface area (Å²) in [5.74, 6) is -0.382. The molecule has 6 heteroatoms. The summed E-state index contributed by atoms with van der Waals surface area (Å²) in [5.41, 5.74) is 0.0447. The molecule has 2 unspecified atom stereocenters. The number of carbonyl (C=O) groups is 2. The molecule has 1 aliphatic heterocycles. The number of likely N-dealkylation sites (tertiary alicyclic amines) is 1. The van der Waals surface area contributed by atoms with Gasteiger partial charge >= 0.3 is 5.97 Å². The molecule has 19 heavy (non-hydrogen) atoms. The van der Waals surface area contributed by atoms with Gasteiger partial charge in [0, 0.05) is 13.1 Å². The number of hydrogen-bond acceptors (Lipinski definition) is 4. The summed E-state index contributed by atoms with van der Waals surface area (Å²) in [6, 6.07) is 0. The molecule has 1 fully saturated rings. The molecular weight excluding hydrogens is 246 g/mol. The van der Waals surface area contributed by atoms with Crippen molar-refractivity contribution in [2.75, 3.05) is 13.1 Å². The van der Waals surface area contributed by atoms with E-state index in [2.05, 4.69) is 23.8 Å². The fourth-order valence-electron chi connectivity index (χ4n) is 2.54. The topological polar surface area (TPSA) is 83.4 Å². The molecule has 1 saturated heterocycles. The van der Waals surface area contributed by atoms with Gasteiger partial charge in [-0.05, 0) is 18.3 Å². The van der Waals surface area contributed by atoms with Crippen molar-refractivity contribution < 1.29 is 14.7 Å². The Morgan fingerprint density at radius 3 is 2.16 bits per heavy atom. The Balaban J connectivity index is 2.12. The molecule has 2 rings (SSSR count). The summed E-state index contributed by atoms with van der Waals surface area (Å²) in [4.78, 5) is 32.3. The van der Waals surface area contributed by atoms with E-state index in [9.17, 15) is 9.59 Å². The van der Waals surface area contributed by atoms with E-state index < -0.39 is 5.97 Å². The van der Waals surface area contributed by atoms with Gasteiger partial charge in [0.05, 0.1) is 12.4 Å². The van der Waals surface area contributed by atoms with Crippen molar-refractivity contribution in [3.8, 4) is 0 Å². The minimum Gasteiger partial charge on any atom is -0.476 e. The van der Waals surface area contributed by atoms with Gasteiger partial charge in [0.15, 0.2) is 5.69 Å². The van der Waals surface area contributed by atoms with Crippen LogP contribution in [0.15, 0.2) is 12.4 Å². The van der Waals surface area contributed by atoms with Crippen LogP contribution in [-0.2, 0) is 0 Å². The maximum Gasteiger partial charge on any atom is 0.356 e. The smallest absolute Gasteiger partial charge is 0.356 e. The second-order valence-corrected chi connectivity index (χ2v) is 5.25. The van der Waals surface area contributed by atoms with E-state index in [0.717, 1.165) is 12.6 Å². The molecule has 0 spiro atoms. The highest BCUT2D eigenvalue weighted by molar-refractivity contribution is 5.92. The zero-order chi connectivity index (χ0) is 14.0. The fraction of sp³-hybridized carbons (Fsp3) is 0.538. The van der Waals surface area contributed by atoms with E-state index in [-0.39, 0.29) is 17.3 Å². The normalized spacial score (nSPS) is 23.2. The summed E-state index contributed by atoms with van der Waals surface area (Å²) in [7, 11) is 0. The maximum absolute atomic E-state index is 12.2. The van der Waals surface area contributed by atoms with Crippen molar-refractivity contribution in [2.24, 2.45) is 11.8 Å². The van der Waals surface area contributed by atoms with Crippen LogP contribution in [0.5, 0.6) is 0 Å². The summed E-state index contributed by atoms with van der Waals surface area (Å²) in [6.45, 7) is 5.67. The summed E-state index contributed by atoms with van der Waals surface area (Å²) in [6.07, 6.45) is 3.47. The van der Waals surface area contributed by atoms with Gasteiger partial charge in [-0.15, -0.1) is 0 Å². The highest BCUT2D eigenvalue weighted by Crippen LogP contribution is 2.21. The standard InChI is InChI=1S/C13H17N3O3/c1-8-3-9(2)7-16(6-8)12(17)10-4-15-11(5-14-10)13(18)19/h4-5,8-9H,3,6-7H2,1-2H3,(H,18,19). The minimum atomic E-state index is -1.15. The Morgan fingerprint density at radius 1 is 1.16 bits per heavy atom. The van der Waals surface area contributed by atoms with E-state index in [0.29, 0.717) is 24.9 Å². The second kappa shape index (κ2) is 5.34. The van der Waals surface area contributed by atoms with Crippen LogP contribution in [0.4, 0.5) is 0 Å². The van der Waals surface area contributed by atoms with E-state index in [4.69, 9.17) is 5.11 Å². The van der Waals surface area contributed by atoms with Gasteiger partial charge in [-0.25, -0.2) is 14.8 Å². The number of aromatic nitrogens is 2. The Labute approximate surface area is 111 Å². The Kier molecular flexibility index (Phi) is 3.78. The number of hydrogen-bond donors (Lipinski definition) is 1. The maximum atomic E-state index is 12.2. The SMILES string of the molecule is CC1CC(C)CN(C(=O)c2cnc(C(=O)O)cn2)C1. The van der Waals surface area contributed by atoms with Gasteiger partial charge in [-0.1, -0.05) is 13.8 Å². The van der Waals surface area contributed by atoms with Gasteiger partial charge < -0.3 is 10.0 Å². The van der Waals surface area contributed by atoms with E-state index >= 15 is 0 Å². The third kappa shape index (κ3) is 3.07. The molecule has 2 heterocycles. The Morgan fingerprint density at radius 2 is 1.68 bits per heavy atom. The predicted molar refractivity (Wildman–Crippen MR) is 67.8 cm³/mol. The molecule has 2 atom stereocenters. The van der Waals surface area contributed by atoms with Crippen LogP contribution in [0, 0.1) is 11.8 Å². The van der Waals surface area contributed by atoms with Crippen LogP contribution in [0.25, 0.3) is 0 Å². The van der Waals surface area contributed by atoms with Crippen molar-refractivity contribution in [2.45, 2.75) is 20.3 Å². The molecular formula is C13H17N3O3.